The largest absolute Gasteiger partial charge is 0.493 e. The first kappa shape index (κ1) is 23.1. The number of nitrogens with zero attached hydrogens (tertiary/aromatic N) is 4. The van der Waals surface area contributed by atoms with Crippen LogP contribution in [0, 0.1) is 6.92 Å². The first-order valence-corrected chi connectivity index (χ1v) is 11.6. The van der Waals surface area contributed by atoms with Gasteiger partial charge in [-0.3, -0.25) is 9.69 Å². The maximum atomic E-state index is 11.0. The van der Waals surface area contributed by atoms with Crippen LogP contribution in [-0.2, 0) is 16.0 Å². The van der Waals surface area contributed by atoms with Gasteiger partial charge >= 0.3 is 5.97 Å². The number of hydrogen-bond donors (Lipinski definition) is 2. The number of benzene rings is 1. The number of anilines is 2. The van der Waals surface area contributed by atoms with Crippen LogP contribution < -0.4 is 14.8 Å². The highest BCUT2D eigenvalue weighted by Crippen LogP contribution is 2.35. The van der Waals surface area contributed by atoms with Gasteiger partial charge in [0.15, 0.2) is 16.6 Å². The number of aryl methyl sites for hydroxylation is 1. The molecule has 11 heteroatoms. The molecule has 1 fully saturated rings. The number of nitrogens with one attached hydrogen (secondary N) is 1. The first-order chi connectivity index (χ1) is 16.0. The summed E-state index contributed by atoms with van der Waals surface area (Å²) in [5.74, 6) is 0.872. The SMILES string of the molecule is COc1cc2c(Nc3nc(CC(=O)O)c(C)s3)ncnc2cc1OCCCN1CCOCC1. The summed E-state index contributed by atoms with van der Waals surface area (Å²) < 4.78 is 17.0. The summed E-state index contributed by atoms with van der Waals surface area (Å²) >= 11 is 1.38. The molecule has 4 rings (SSSR count). The number of aliphatic carboxylic acids is 1. The molecule has 0 spiro atoms. The van der Waals surface area contributed by atoms with E-state index in [-0.39, 0.29) is 6.42 Å². The number of hydrogen-bond acceptors (Lipinski definition) is 10. The Labute approximate surface area is 195 Å². The van der Waals surface area contributed by atoms with Gasteiger partial charge in [0.25, 0.3) is 0 Å². The van der Waals surface area contributed by atoms with E-state index in [0.29, 0.717) is 40.3 Å². The predicted molar refractivity (Wildman–Crippen MR) is 125 cm³/mol. The minimum Gasteiger partial charge on any atom is -0.493 e. The zero-order chi connectivity index (χ0) is 23.2. The van der Waals surface area contributed by atoms with Crippen LogP contribution in [0.4, 0.5) is 10.9 Å². The van der Waals surface area contributed by atoms with Gasteiger partial charge in [-0.25, -0.2) is 15.0 Å². The number of rotatable bonds is 10. The standard InChI is InChI=1S/C22H27N5O5S/c1-14-16(12-20(28)29)25-22(33-14)26-21-15-10-18(30-2)19(11-17(15)23-13-24-21)32-7-3-4-27-5-8-31-9-6-27/h10-11,13H,3-9,12H2,1-2H3,(H,28,29)(H,23,24,25,26). The van der Waals surface area contributed by atoms with Gasteiger partial charge in [0.05, 0.1) is 44.6 Å². The highest BCUT2D eigenvalue weighted by molar-refractivity contribution is 7.15. The Morgan fingerprint density at radius 3 is 2.85 bits per heavy atom. The second kappa shape index (κ2) is 10.7. The van der Waals surface area contributed by atoms with E-state index in [0.717, 1.165) is 49.5 Å². The molecule has 0 saturated carbocycles. The van der Waals surface area contributed by atoms with Crippen LogP contribution in [0.15, 0.2) is 18.5 Å². The van der Waals surface area contributed by atoms with E-state index in [4.69, 9.17) is 19.3 Å². The van der Waals surface area contributed by atoms with Crippen LogP contribution >= 0.6 is 11.3 Å². The highest BCUT2D eigenvalue weighted by atomic mass is 32.1. The van der Waals surface area contributed by atoms with Crippen molar-refractivity contribution in [2.75, 3.05) is 51.9 Å². The number of carbonyl (C=O) groups is 1. The Hall–Kier alpha value is -3.02. The number of carboxylic acids is 1. The molecule has 1 aliphatic heterocycles. The molecule has 3 aromatic rings. The predicted octanol–water partition coefficient (Wildman–Crippen LogP) is 2.88. The molecule has 0 bridgehead atoms. The second-order valence-electron chi connectivity index (χ2n) is 7.62. The molecule has 176 valence electrons. The maximum Gasteiger partial charge on any atom is 0.309 e. The van der Waals surface area contributed by atoms with E-state index < -0.39 is 5.97 Å². The van der Waals surface area contributed by atoms with Gasteiger partial charge in [-0.2, -0.15) is 0 Å². The Balaban J connectivity index is 1.47. The molecule has 2 N–H and O–H groups in total. The Morgan fingerprint density at radius 2 is 2.09 bits per heavy atom. The van der Waals surface area contributed by atoms with Crippen molar-refractivity contribution >= 4 is 39.2 Å². The fourth-order valence-electron chi connectivity index (χ4n) is 3.62. The number of methoxy groups -OCH3 is 1. The first-order valence-electron chi connectivity index (χ1n) is 10.7. The minimum absolute atomic E-state index is 0.116. The normalized spacial score (nSPS) is 14.4. The molecule has 10 nitrogen and oxygen atoms in total. The van der Waals surface area contributed by atoms with Crippen molar-refractivity contribution in [1.29, 1.82) is 0 Å². The van der Waals surface area contributed by atoms with Crippen LogP contribution in [0.3, 0.4) is 0 Å². The summed E-state index contributed by atoms with van der Waals surface area (Å²) in [5, 5.41) is 13.6. The molecule has 1 saturated heterocycles. The topological polar surface area (TPSA) is 119 Å². The number of aromatic nitrogens is 3. The van der Waals surface area contributed by atoms with E-state index in [9.17, 15) is 4.79 Å². The quantitative estimate of drug-likeness (QED) is 0.425. The van der Waals surface area contributed by atoms with E-state index in [1.807, 2.05) is 19.1 Å². The lowest BCUT2D eigenvalue weighted by Gasteiger charge is -2.26. The third kappa shape index (κ3) is 5.86. The molecule has 0 aliphatic carbocycles. The average molecular weight is 474 g/mol. The van der Waals surface area contributed by atoms with Gasteiger partial charge in [0.2, 0.25) is 0 Å². The number of carboxylic acid groups (broad SMARTS) is 1. The van der Waals surface area contributed by atoms with Crippen molar-refractivity contribution in [2.24, 2.45) is 0 Å². The zero-order valence-corrected chi connectivity index (χ0v) is 19.5. The van der Waals surface area contributed by atoms with Crippen molar-refractivity contribution in [2.45, 2.75) is 19.8 Å². The summed E-state index contributed by atoms with van der Waals surface area (Å²) in [4.78, 5) is 27.4. The van der Waals surface area contributed by atoms with Gasteiger partial charge in [-0.05, 0) is 19.4 Å². The number of morpholine rings is 1. The molecule has 1 aliphatic rings. The minimum atomic E-state index is -0.912. The number of ether oxygens (including phenoxy) is 3. The monoisotopic (exact) mass is 473 g/mol. The van der Waals surface area contributed by atoms with E-state index in [1.165, 1.54) is 17.7 Å². The van der Waals surface area contributed by atoms with Crippen LogP contribution in [-0.4, -0.2) is 77.5 Å². The fraction of sp³-hybridized carbons (Fsp3) is 0.455. The summed E-state index contributed by atoms with van der Waals surface area (Å²) in [7, 11) is 1.60. The fourth-order valence-corrected chi connectivity index (χ4v) is 4.45. The molecule has 33 heavy (non-hydrogen) atoms. The molecule has 0 atom stereocenters. The summed E-state index contributed by atoms with van der Waals surface area (Å²) in [6.07, 6.45) is 2.26. The number of thiazole rings is 1. The van der Waals surface area contributed by atoms with Gasteiger partial charge in [0.1, 0.15) is 12.1 Å². The van der Waals surface area contributed by atoms with Gasteiger partial charge in [-0.15, -0.1) is 11.3 Å². The van der Waals surface area contributed by atoms with E-state index in [2.05, 4.69) is 25.2 Å². The molecule has 3 heterocycles. The smallest absolute Gasteiger partial charge is 0.309 e. The second-order valence-corrected chi connectivity index (χ2v) is 8.82. The molecular weight excluding hydrogens is 446 g/mol. The lowest BCUT2D eigenvalue weighted by molar-refractivity contribution is -0.136. The Morgan fingerprint density at radius 1 is 1.27 bits per heavy atom. The summed E-state index contributed by atoms with van der Waals surface area (Å²) in [6, 6.07) is 3.69. The molecule has 0 radical (unpaired) electrons. The van der Waals surface area contributed by atoms with E-state index in [1.54, 1.807) is 7.11 Å². The Kier molecular flexibility index (Phi) is 7.53. The molecular formula is C22H27N5O5S. The molecule has 0 amide bonds. The number of fused-ring (bicyclic) bond motifs is 1. The average Bonchev–Trinajstić information content (AvgIpc) is 3.15. The van der Waals surface area contributed by atoms with Crippen LogP contribution in [0.1, 0.15) is 17.0 Å². The molecule has 0 unspecified atom stereocenters. The van der Waals surface area contributed by atoms with Crippen molar-refractivity contribution in [3.63, 3.8) is 0 Å². The molecule has 2 aromatic heterocycles. The van der Waals surface area contributed by atoms with Crippen LogP contribution in [0.2, 0.25) is 0 Å². The van der Waals surface area contributed by atoms with Gasteiger partial charge in [-0.1, -0.05) is 0 Å². The maximum absolute atomic E-state index is 11.0. The van der Waals surface area contributed by atoms with Crippen molar-refractivity contribution in [3.05, 3.63) is 29.0 Å². The summed E-state index contributed by atoms with van der Waals surface area (Å²) in [6.45, 7) is 6.89. The van der Waals surface area contributed by atoms with Crippen LogP contribution in [0.5, 0.6) is 11.5 Å². The van der Waals surface area contributed by atoms with Crippen LogP contribution in [0.25, 0.3) is 10.9 Å². The Bertz CT molecular complexity index is 1120. The van der Waals surface area contributed by atoms with Crippen molar-refractivity contribution in [3.8, 4) is 11.5 Å². The van der Waals surface area contributed by atoms with E-state index >= 15 is 0 Å². The van der Waals surface area contributed by atoms with Gasteiger partial charge < -0.3 is 24.6 Å². The third-order valence-corrected chi connectivity index (χ3v) is 6.27. The van der Waals surface area contributed by atoms with Gasteiger partial charge in [0, 0.05) is 36.0 Å². The van der Waals surface area contributed by atoms with Crippen molar-refractivity contribution < 1.29 is 24.1 Å². The highest BCUT2D eigenvalue weighted by Gasteiger charge is 2.16. The molecule has 1 aromatic carbocycles. The lowest BCUT2D eigenvalue weighted by Crippen LogP contribution is -2.37. The zero-order valence-electron chi connectivity index (χ0n) is 18.7. The lowest BCUT2D eigenvalue weighted by atomic mass is 10.2. The van der Waals surface area contributed by atoms with Crippen molar-refractivity contribution in [1.82, 2.24) is 19.9 Å². The third-order valence-electron chi connectivity index (χ3n) is 5.34. The summed E-state index contributed by atoms with van der Waals surface area (Å²) in [5.41, 5.74) is 1.24.